The second-order valence-electron chi connectivity index (χ2n) is 5.77. The predicted molar refractivity (Wildman–Crippen MR) is 107 cm³/mol. The lowest BCUT2D eigenvalue weighted by Crippen LogP contribution is -2.27. The molecule has 0 aliphatic heterocycles. The van der Waals surface area contributed by atoms with Crippen molar-refractivity contribution in [1.82, 2.24) is 20.1 Å². The average molecular weight is 413 g/mol. The Morgan fingerprint density at radius 1 is 1.19 bits per heavy atom. The molecule has 1 aromatic heterocycles. The number of aromatic nitrogens is 3. The molecule has 0 fully saturated rings. The molecule has 0 saturated carbocycles. The quantitative estimate of drug-likeness (QED) is 0.426. The van der Waals surface area contributed by atoms with Crippen molar-refractivity contribution in [2.75, 3.05) is 39.7 Å². The summed E-state index contributed by atoms with van der Waals surface area (Å²) in [5.74, 6) is 0.930. The van der Waals surface area contributed by atoms with Gasteiger partial charge in [-0.05, 0) is 25.0 Å². The molecule has 0 aliphatic carbocycles. The van der Waals surface area contributed by atoms with Crippen molar-refractivity contribution in [2.45, 2.75) is 24.5 Å². The summed E-state index contributed by atoms with van der Waals surface area (Å²) in [5, 5.41) is 12.8. The molecular weight excluding hydrogens is 388 g/mol. The van der Waals surface area contributed by atoms with Gasteiger partial charge in [0.2, 0.25) is 5.91 Å². The molecule has 0 saturated heterocycles. The van der Waals surface area contributed by atoms with Crippen LogP contribution in [-0.2, 0) is 20.8 Å². The number of hydrogen-bond donors (Lipinski definition) is 1. The molecule has 0 aliphatic rings. The Bertz CT molecular complexity index is 726. The van der Waals surface area contributed by atoms with Crippen LogP contribution >= 0.6 is 23.4 Å². The second kappa shape index (κ2) is 12.0. The van der Waals surface area contributed by atoms with Gasteiger partial charge >= 0.3 is 0 Å². The van der Waals surface area contributed by atoms with Gasteiger partial charge in [-0.3, -0.25) is 4.79 Å². The van der Waals surface area contributed by atoms with E-state index in [1.165, 1.54) is 11.8 Å². The number of rotatable bonds is 12. The van der Waals surface area contributed by atoms with Gasteiger partial charge in [0.25, 0.3) is 0 Å². The van der Waals surface area contributed by atoms with Crippen LogP contribution in [0.1, 0.15) is 12.8 Å². The first kappa shape index (κ1) is 21.7. The van der Waals surface area contributed by atoms with E-state index >= 15 is 0 Å². The first-order chi connectivity index (χ1) is 13.2. The zero-order chi connectivity index (χ0) is 19.5. The lowest BCUT2D eigenvalue weighted by molar-refractivity contribution is -0.118. The maximum Gasteiger partial charge on any atom is 0.230 e. The largest absolute Gasteiger partial charge is 0.385 e. The number of ether oxygens (including phenoxy) is 2. The number of nitrogens with one attached hydrogen (secondary N) is 1. The number of methoxy groups -OCH3 is 2. The van der Waals surface area contributed by atoms with Crippen molar-refractivity contribution in [3.05, 3.63) is 29.3 Å². The number of hydrogen-bond acceptors (Lipinski definition) is 6. The highest BCUT2D eigenvalue weighted by molar-refractivity contribution is 7.99. The minimum Gasteiger partial charge on any atom is -0.385 e. The van der Waals surface area contributed by atoms with Crippen molar-refractivity contribution in [1.29, 1.82) is 0 Å². The van der Waals surface area contributed by atoms with Crippen LogP contribution in [0.3, 0.4) is 0 Å². The first-order valence-electron chi connectivity index (χ1n) is 8.72. The van der Waals surface area contributed by atoms with Crippen LogP contribution in [0, 0.1) is 0 Å². The number of benzene rings is 1. The molecular formula is C18H25ClN4O3S. The Morgan fingerprint density at radius 2 is 1.93 bits per heavy atom. The fourth-order valence-corrected chi connectivity index (χ4v) is 3.45. The monoisotopic (exact) mass is 412 g/mol. The van der Waals surface area contributed by atoms with E-state index in [-0.39, 0.29) is 11.7 Å². The summed E-state index contributed by atoms with van der Waals surface area (Å²) in [6.07, 6.45) is 1.60. The van der Waals surface area contributed by atoms with E-state index in [1.54, 1.807) is 14.2 Å². The van der Waals surface area contributed by atoms with Crippen LogP contribution in [0.15, 0.2) is 29.4 Å². The van der Waals surface area contributed by atoms with Crippen LogP contribution < -0.4 is 5.32 Å². The summed E-state index contributed by atoms with van der Waals surface area (Å²) in [6, 6.07) is 7.53. The van der Waals surface area contributed by atoms with Crippen LogP contribution in [0.4, 0.5) is 0 Å². The SMILES string of the molecule is COCCCNC(=O)CSc1nnc(-c2ccccc2Cl)n1CCCOC. The van der Waals surface area contributed by atoms with Crippen molar-refractivity contribution in [2.24, 2.45) is 0 Å². The van der Waals surface area contributed by atoms with Gasteiger partial charge in [0.05, 0.1) is 10.8 Å². The maximum absolute atomic E-state index is 12.0. The number of nitrogens with zero attached hydrogens (tertiary/aromatic N) is 3. The molecule has 148 valence electrons. The molecule has 1 amide bonds. The fraction of sp³-hybridized carbons (Fsp3) is 0.500. The Labute approximate surface area is 168 Å². The van der Waals surface area contributed by atoms with Gasteiger partial charge in [-0.2, -0.15) is 0 Å². The third-order valence-electron chi connectivity index (χ3n) is 3.74. The van der Waals surface area contributed by atoms with Crippen LogP contribution in [0.5, 0.6) is 0 Å². The standard InChI is InChI=1S/C18H25ClN4O3S/c1-25-11-5-9-20-16(24)13-27-18-22-21-17(23(18)10-6-12-26-2)14-7-3-4-8-15(14)19/h3-4,7-8H,5-6,9-13H2,1-2H3,(H,20,24). The van der Waals surface area contributed by atoms with Gasteiger partial charge in [0.15, 0.2) is 11.0 Å². The molecule has 9 heteroatoms. The van der Waals surface area contributed by atoms with Gasteiger partial charge in [-0.1, -0.05) is 35.5 Å². The zero-order valence-corrected chi connectivity index (χ0v) is 17.2. The summed E-state index contributed by atoms with van der Waals surface area (Å²) < 4.78 is 12.1. The normalized spacial score (nSPS) is 10.9. The topological polar surface area (TPSA) is 78.3 Å². The number of thioether (sulfide) groups is 1. The summed E-state index contributed by atoms with van der Waals surface area (Å²) in [4.78, 5) is 12.0. The molecule has 1 N–H and O–H groups in total. The Kier molecular flexibility index (Phi) is 9.61. The third-order valence-corrected chi connectivity index (χ3v) is 5.04. The third kappa shape index (κ3) is 6.80. The van der Waals surface area contributed by atoms with E-state index in [2.05, 4.69) is 15.5 Å². The maximum atomic E-state index is 12.0. The number of carbonyl (C=O) groups excluding carboxylic acids is 1. The van der Waals surface area contributed by atoms with Crippen molar-refractivity contribution in [3.8, 4) is 11.4 Å². The summed E-state index contributed by atoms with van der Waals surface area (Å²) in [6.45, 7) is 2.53. The summed E-state index contributed by atoms with van der Waals surface area (Å²) >= 11 is 7.69. The van der Waals surface area contributed by atoms with Gasteiger partial charge in [-0.25, -0.2) is 0 Å². The lowest BCUT2D eigenvalue weighted by Gasteiger charge is -2.11. The van der Waals surface area contributed by atoms with Gasteiger partial charge in [0.1, 0.15) is 0 Å². The molecule has 0 atom stereocenters. The molecule has 0 spiro atoms. The summed E-state index contributed by atoms with van der Waals surface area (Å²) in [7, 11) is 3.31. The minimum atomic E-state index is -0.0400. The Morgan fingerprint density at radius 3 is 2.67 bits per heavy atom. The molecule has 7 nitrogen and oxygen atoms in total. The summed E-state index contributed by atoms with van der Waals surface area (Å²) in [5.41, 5.74) is 0.819. The van der Waals surface area contributed by atoms with Crippen LogP contribution in [-0.4, -0.2) is 60.4 Å². The van der Waals surface area contributed by atoms with Crippen LogP contribution in [0.25, 0.3) is 11.4 Å². The predicted octanol–water partition coefficient (Wildman–Crippen LogP) is 2.88. The van der Waals surface area contributed by atoms with E-state index in [1.807, 2.05) is 28.8 Å². The highest BCUT2D eigenvalue weighted by Gasteiger charge is 2.17. The number of halogens is 1. The first-order valence-corrected chi connectivity index (χ1v) is 10.1. The van der Waals surface area contributed by atoms with Crippen molar-refractivity contribution < 1.29 is 14.3 Å². The van der Waals surface area contributed by atoms with E-state index in [9.17, 15) is 4.79 Å². The highest BCUT2D eigenvalue weighted by atomic mass is 35.5. The molecule has 0 bridgehead atoms. The van der Waals surface area contributed by atoms with E-state index < -0.39 is 0 Å². The second-order valence-corrected chi connectivity index (χ2v) is 7.12. The Hall–Kier alpha value is -1.61. The molecule has 1 aromatic carbocycles. The molecule has 0 radical (unpaired) electrons. The minimum absolute atomic E-state index is 0.0400. The van der Waals surface area contributed by atoms with Gasteiger partial charge < -0.3 is 19.4 Å². The molecule has 2 rings (SSSR count). The smallest absolute Gasteiger partial charge is 0.230 e. The van der Waals surface area contributed by atoms with E-state index in [0.29, 0.717) is 42.3 Å². The highest BCUT2D eigenvalue weighted by Crippen LogP contribution is 2.29. The Balaban J connectivity index is 2.07. The molecule has 2 aromatic rings. The number of carbonyl (C=O) groups is 1. The number of amides is 1. The van der Waals surface area contributed by atoms with E-state index in [4.69, 9.17) is 21.1 Å². The molecule has 0 unspecified atom stereocenters. The van der Waals surface area contributed by atoms with Gasteiger partial charge in [0, 0.05) is 46.1 Å². The molecule has 27 heavy (non-hydrogen) atoms. The fourth-order valence-electron chi connectivity index (χ4n) is 2.43. The lowest BCUT2D eigenvalue weighted by atomic mass is 10.2. The van der Waals surface area contributed by atoms with Crippen LogP contribution in [0.2, 0.25) is 5.02 Å². The van der Waals surface area contributed by atoms with E-state index in [0.717, 1.165) is 18.4 Å². The molecule has 1 heterocycles. The van der Waals surface area contributed by atoms with Crippen molar-refractivity contribution in [3.63, 3.8) is 0 Å². The average Bonchev–Trinajstić information content (AvgIpc) is 3.07. The van der Waals surface area contributed by atoms with Crippen molar-refractivity contribution >= 4 is 29.3 Å². The zero-order valence-electron chi connectivity index (χ0n) is 15.6. The van der Waals surface area contributed by atoms with Gasteiger partial charge in [-0.15, -0.1) is 10.2 Å².